The number of rotatable bonds is 6. The molecule has 5 aromatic rings. The maximum atomic E-state index is 12.6. The van der Waals surface area contributed by atoms with E-state index in [0.29, 0.717) is 27.5 Å². The molecule has 6 rings (SSSR count). The quantitative estimate of drug-likeness (QED) is 0.245. The van der Waals surface area contributed by atoms with Gasteiger partial charge in [0.05, 0.1) is 33.6 Å². The Labute approximate surface area is 220 Å². The van der Waals surface area contributed by atoms with Crippen LogP contribution in [0.4, 0.5) is 5.69 Å². The summed E-state index contributed by atoms with van der Waals surface area (Å²) in [6, 6.07) is 24.4. The molecule has 2 aromatic heterocycles. The highest BCUT2D eigenvalue weighted by Gasteiger charge is 2.31. The second kappa shape index (κ2) is 9.61. The van der Waals surface area contributed by atoms with Gasteiger partial charge in [-0.25, -0.2) is 14.8 Å². The molecular formula is C28H20N4O3S2. The van der Waals surface area contributed by atoms with Crippen LogP contribution in [0.3, 0.4) is 0 Å². The minimum atomic E-state index is -0.451. The zero-order valence-corrected chi connectivity index (χ0v) is 21.1. The lowest BCUT2D eigenvalue weighted by molar-refractivity contribution is 0.0468. The maximum absolute atomic E-state index is 12.6. The second-order valence-corrected chi connectivity index (χ2v) is 10.3. The van der Waals surface area contributed by atoms with Gasteiger partial charge < -0.3 is 14.7 Å². The summed E-state index contributed by atoms with van der Waals surface area (Å²) in [5.41, 5.74) is 4.09. The van der Waals surface area contributed by atoms with E-state index in [1.807, 2.05) is 60.0 Å². The minimum absolute atomic E-state index is 0.0873. The highest BCUT2D eigenvalue weighted by Crippen LogP contribution is 2.35. The number of benzene rings is 3. The summed E-state index contributed by atoms with van der Waals surface area (Å²) in [4.78, 5) is 23.4. The van der Waals surface area contributed by atoms with Gasteiger partial charge in [-0.2, -0.15) is 0 Å². The number of aromatic nitrogens is 2. The van der Waals surface area contributed by atoms with Crippen molar-refractivity contribution in [3.05, 3.63) is 106 Å². The van der Waals surface area contributed by atoms with E-state index in [0.717, 1.165) is 20.8 Å². The van der Waals surface area contributed by atoms with Crippen molar-refractivity contribution < 1.29 is 14.6 Å². The number of para-hydroxylation sites is 1. The Morgan fingerprint density at radius 3 is 2.51 bits per heavy atom. The third-order valence-electron chi connectivity index (χ3n) is 5.95. The Hall–Kier alpha value is -4.34. The van der Waals surface area contributed by atoms with E-state index < -0.39 is 5.97 Å². The molecule has 3 aromatic carbocycles. The smallest absolute Gasteiger partial charge is 0.338 e. The highest BCUT2D eigenvalue weighted by atomic mass is 32.1. The summed E-state index contributed by atoms with van der Waals surface area (Å²) < 4.78 is 6.47. The molecule has 0 spiro atoms. The summed E-state index contributed by atoms with van der Waals surface area (Å²) in [6.45, 7) is 0.255. The van der Waals surface area contributed by atoms with Crippen LogP contribution < -0.4 is 4.90 Å². The van der Waals surface area contributed by atoms with Crippen LogP contribution in [0.5, 0.6) is 0 Å². The lowest BCUT2D eigenvalue weighted by atomic mass is 10.2. The van der Waals surface area contributed by atoms with Crippen LogP contribution in [-0.4, -0.2) is 33.4 Å². The van der Waals surface area contributed by atoms with E-state index in [1.54, 1.807) is 29.2 Å². The molecule has 0 saturated heterocycles. The van der Waals surface area contributed by atoms with Gasteiger partial charge in [0.2, 0.25) is 0 Å². The molecule has 37 heavy (non-hydrogen) atoms. The molecule has 0 fully saturated rings. The van der Waals surface area contributed by atoms with Crippen molar-refractivity contribution in [1.29, 1.82) is 5.41 Å². The van der Waals surface area contributed by atoms with E-state index in [-0.39, 0.29) is 24.7 Å². The summed E-state index contributed by atoms with van der Waals surface area (Å²) in [5.74, 6) is -0.177. The molecule has 0 radical (unpaired) electrons. The van der Waals surface area contributed by atoms with Crippen LogP contribution in [0.15, 0.2) is 90.0 Å². The number of hydrogen-bond acceptors (Lipinski definition) is 8. The van der Waals surface area contributed by atoms with E-state index in [1.165, 1.54) is 22.7 Å². The van der Waals surface area contributed by atoms with Crippen LogP contribution in [0.1, 0.15) is 21.1 Å². The number of hydrogen-bond donors (Lipinski definition) is 2. The number of ether oxygens (including phenoxy) is 1. The lowest BCUT2D eigenvalue weighted by Gasteiger charge is -2.18. The first kappa shape index (κ1) is 23.1. The number of carbonyl (C=O) groups excluding carboxylic acids is 1. The van der Waals surface area contributed by atoms with Gasteiger partial charge in [-0.1, -0.05) is 42.5 Å². The molecular weight excluding hydrogens is 504 g/mol. The highest BCUT2D eigenvalue weighted by molar-refractivity contribution is 7.19. The first-order valence-electron chi connectivity index (χ1n) is 11.5. The van der Waals surface area contributed by atoms with Crippen molar-refractivity contribution in [2.24, 2.45) is 0 Å². The number of esters is 1. The van der Waals surface area contributed by atoms with Crippen molar-refractivity contribution in [3.63, 3.8) is 0 Å². The molecule has 0 unspecified atom stereocenters. The number of aliphatic hydroxyl groups is 1. The molecule has 0 amide bonds. The summed E-state index contributed by atoms with van der Waals surface area (Å²) in [6.07, 6.45) is 0. The average Bonchev–Trinajstić information content (AvgIpc) is 3.65. The minimum Gasteiger partial charge on any atom is -0.510 e. The SMILES string of the molecule is N=C1C(c2nc3ccccc3s2)=C(O)CN1c1ccc(C(=O)OCc2csc(-c3ccccc3)n2)cc1. The molecule has 0 saturated carbocycles. The Bertz CT molecular complexity index is 1620. The third-order valence-corrected chi connectivity index (χ3v) is 7.94. The second-order valence-electron chi connectivity index (χ2n) is 8.38. The third kappa shape index (κ3) is 4.50. The number of nitrogens with zero attached hydrogens (tertiary/aromatic N) is 3. The molecule has 0 aliphatic carbocycles. The normalized spacial score (nSPS) is 13.5. The molecule has 1 aliphatic rings. The topological polar surface area (TPSA) is 99.4 Å². The first-order valence-corrected chi connectivity index (χ1v) is 13.2. The molecule has 1 aliphatic heterocycles. The Morgan fingerprint density at radius 1 is 0.973 bits per heavy atom. The van der Waals surface area contributed by atoms with Crippen LogP contribution in [0.25, 0.3) is 26.4 Å². The van der Waals surface area contributed by atoms with Gasteiger partial charge in [0.15, 0.2) is 0 Å². The predicted molar refractivity (Wildman–Crippen MR) is 147 cm³/mol. The van der Waals surface area contributed by atoms with Crippen LogP contribution in [0.2, 0.25) is 0 Å². The molecule has 0 atom stereocenters. The van der Waals surface area contributed by atoms with Gasteiger partial charge in [0.1, 0.15) is 28.2 Å². The molecule has 0 bridgehead atoms. The van der Waals surface area contributed by atoms with Gasteiger partial charge in [0.25, 0.3) is 0 Å². The zero-order chi connectivity index (χ0) is 25.4. The lowest BCUT2D eigenvalue weighted by Crippen LogP contribution is -2.26. The van der Waals surface area contributed by atoms with Gasteiger partial charge in [-0.05, 0) is 36.4 Å². The molecule has 2 N–H and O–H groups in total. The largest absolute Gasteiger partial charge is 0.510 e. The van der Waals surface area contributed by atoms with Crippen molar-refractivity contribution in [3.8, 4) is 10.6 Å². The number of fused-ring (bicyclic) bond motifs is 1. The van der Waals surface area contributed by atoms with Gasteiger partial charge >= 0.3 is 5.97 Å². The van der Waals surface area contributed by atoms with Gasteiger partial charge in [0, 0.05) is 16.6 Å². The molecule has 9 heteroatoms. The van der Waals surface area contributed by atoms with Crippen LogP contribution >= 0.6 is 22.7 Å². The molecule has 7 nitrogen and oxygen atoms in total. The van der Waals surface area contributed by atoms with E-state index in [4.69, 9.17) is 10.1 Å². The fourth-order valence-corrected chi connectivity index (χ4v) is 5.93. The standard InChI is InChI=1S/C28H20N4O3S2/c29-25-24(27-31-21-8-4-5-9-23(21)37-27)22(33)14-32(25)20-12-10-18(11-13-20)28(34)35-15-19-16-36-26(30-19)17-6-2-1-3-7-17/h1-13,16,29,33H,14-15H2. The molecule has 3 heterocycles. The van der Waals surface area contributed by atoms with Crippen molar-refractivity contribution in [2.75, 3.05) is 11.4 Å². The summed E-state index contributed by atoms with van der Waals surface area (Å²) in [5, 5.41) is 22.7. The van der Waals surface area contributed by atoms with E-state index in [9.17, 15) is 9.90 Å². The van der Waals surface area contributed by atoms with E-state index >= 15 is 0 Å². The van der Waals surface area contributed by atoms with Gasteiger partial charge in [-0.3, -0.25) is 5.41 Å². The predicted octanol–water partition coefficient (Wildman–Crippen LogP) is 6.54. The number of carbonyl (C=O) groups is 1. The van der Waals surface area contributed by atoms with Crippen LogP contribution in [0, 0.1) is 5.41 Å². The number of amidine groups is 1. The fourth-order valence-electron chi connectivity index (χ4n) is 4.09. The monoisotopic (exact) mass is 524 g/mol. The van der Waals surface area contributed by atoms with E-state index in [2.05, 4.69) is 9.97 Å². The van der Waals surface area contributed by atoms with Crippen molar-refractivity contribution >= 4 is 56.0 Å². The first-order chi connectivity index (χ1) is 18.1. The zero-order valence-electron chi connectivity index (χ0n) is 19.4. The maximum Gasteiger partial charge on any atom is 0.338 e. The fraction of sp³-hybridized carbons (Fsp3) is 0.0714. The summed E-state index contributed by atoms with van der Waals surface area (Å²) >= 11 is 2.96. The number of anilines is 1. The number of thiazole rings is 2. The van der Waals surface area contributed by atoms with Crippen molar-refractivity contribution in [1.82, 2.24) is 9.97 Å². The van der Waals surface area contributed by atoms with Crippen molar-refractivity contribution in [2.45, 2.75) is 6.61 Å². The Morgan fingerprint density at radius 2 is 1.73 bits per heavy atom. The molecule has 182 valence electrons. The Kier molecular flexibility index (Phi) is 5.99. The summed E-state index contributed by atoms with van der Waals surface area (Å²) in [7, 11) is 0. The Balaban J connectivity index is 1.11. The average molecular weight is 525 g/mol. The van der Waals surface area contributed by atoms with Crippen LogP contribution in [-0.2, 0) is 11.3 Å². The van der Waals surface area contributed by atoms with Gasteiger partial charge in [-0.15, -0.1) is 22.7 Å². The number of aliphatic hydroxyl groups excluding tert-OH is 1. The number of nitrogens with one attached hydrogen (secondary N) is 1.